The standard InChI is InChI=1S/C18H27N3O3.CH2O2/c1-13-19-15(12-24-13)10-20-6-4-18(5-7-20)8-16(22)11-21(17(18)23)9-14-2-3-14;2-1-3/h12,14,16,22H,2-11H2,1H3;1H,(H,2,3). The van der Waals surface area contributed by atoms with Crippen LogP contribution in [-0.4, -0.2) is 69.7 Å². The van der Waals surface area contributed by atoms with E-state index in [9.17, 15) is 9.90 Å². The fourth-order valence-corrected chi connectivity index (χ4v) is 4.31. The number of aryl methyl sites for hydroxylation is 1. The maximum absolute atomic E-state index is 13.0. The molecular weight excluding hydrogens is 350 g/mol. The van der Waals surface area contributed by atoms with Crippen LogP contribution in [0.15, 0.2) is 10.7 Å². The molecule has 27 heavy (non-hydrogen) atoms. The second-order valence-electron chi connectivity index (χ2n) is 8.03. The smallest absolute Gasteiger partial charge is 0.290 e. The van der Waals surface area contributed by atoms with Gasteiger partial charge in [0.1, 0.15) is 6.26 Å². The SMILES string of the molecule is Cc1nc(CN2CCC3(CC2)CC(O)CN(CC2CC2)C3=O)co1.O=CO. The number of aliphatic hydroxyl groups is 1. The molecule has 0 radical (unpaired) electrons. The van der Waals surface area contributed by atoms with Crippen molar-refractivity contribution in [2.45, 2.75) is 51.7 Å². The Balaban J connectivity index is 0.000000659. The molecule has 2 aliphatic heterocycles. The number of piperidine rings is 2. The van der Waals surface area contributed by atoms with Crippen LogP contribution in [-0.2, 0) is 16.1 Å². The molecule has 2 saturated heterocycles. The molecule has 3 fully saturated rings. The van der Waals surface area contributed by atoms with Crippen molar-refractivity contribution in [3.8, 4) is 0 Å². The van der Waals surface area contributed by atoms with Crippen molar-refractivity contribution in [3.05, 3.63) is 17.8 Å². The normalized spacial score (nSPS) is 25.2. The third kappa shape index (κ3) is 4.87. The first-order chi connectivity index (χ1) is 13.0. The van der Waals surface area contributed by atoms with Crippen LogP contribution in [0.2, 0.25) is 0 Å². The highest BCUT2D eigenvalue weighted by Gasteiger charge is 2.49. The third-order valence-electron chi connectivity index (χ3n) is 5.84. The molecule has 3 aliphatic rings. The highest BCUT2D eigenvalue weighted by molar-refractivity contribution is 5.84. The lowest BCUT2D eigenvalue weighted by Gasteiger charge is -2.48. The second-order valence-corrected chi connectivity index (χ2v) is 8.03. The third-order valence-corrected chi connectivity index (χ3v) is 5.84. The number of carboxylic acid groups (broad SMARTS) is 1. The first-order valence-electron chi connectivity index (χ1n) is 9.64. The molecule has 1 atom stereocenters. The molecule has 4 rings (SSSR count). The monoisotopic (exact) mass is 379 g/mol. The van der Waals surface area contributed by atoms with Gasteiger partial charge in [-0.3, -0.25) is 14.5 Å². The lowest BCUT2D eigenvalue weighted by atomic mass is 9.70. The summed E-state index contributed by atoms with van der Waals surface area (Å²) in [6.45, 7) is 5.50. The van der Waals surface area contributed by atoms with Gasteiger partial charge in [0.25, 0.3) is 6.47 Å². The van der Waals surface area contributed by atoms with Crippen LogP contribution in [0.3, 0.4) is 0 Å². The molecule has 1 aromatic rings. The van der Waals surface area contributed by atoms with E-state index in [1.165, 1.54) is 12.8 Å². The molecule has 0 bridgehead atoms. The summed E-state index contributed by atoms with van der Waals surface area (Å²) in [4.78, 5) is 30.1. The summed E-state index contributed by atoms with van der Waals surface area (Å²) in [6.07, 6.45) is 6.11. The number of likely N-dealkylation sites (tertiary alicyclic amines) is 2. The maximum atomic E-state index is 13.0. The summed E-state index contributed by atoms with van der Waals surface area (Å²) in [7, 11) is 0. The Labute approximate surface area is 159 Å². The highest BCUT2D eigenvalue weighted by atomic mass is 16.3. The summed E-state index contributed by atoms with van der Waals surface area (Å²) >= 11 is 0. The van der Waals surface area contributed by atoms with Gasteiger partial charge in [-0.25, -0.2) is 4.98 Å². The fraction of sp³-hybridized carbons (Fsp3) is 0.737. The maximum Gasteiger partial charge on any atom is 0.290 e. The van der Waals surface area contributed by atoms with Gasteiger partial charge in [-0.2, -0.15) is 0 Å². The van der Waals surface area contributed by atoms with E-state index >= 15 is 0 Å². The fourth-order valence-electron chi connectivity index (χ4n) is 4.31. The van der Waals surface area contributed by atoms with Gasteiger partial charge in [0, 0.05) is 26.6 Å². The number of oxazole rings is 1. The van der Waals surface area contributed by atoms with E-state index in [0.29, 0.717) is 24.8 Å². The van der Waals surface area contributed by atoms with Crippen molar-refractivity contribution < 1.29 is 24.2 Å². The second kappa shape index (κ2) is 8.39. The zero-order valence-corrected chi connectivity index (χ0v) is 15.8. The molecule has 3 heterocycles. The van der Waals surface area contributed by atoms with E-state index in [1.807, 2.05) is 11.8 Å². The van der Waals surface area contributed by atoms with Gasteiger partial charge in [-0.05, 0) is 51.1 Å². The molecule has 1 aromatic heterocycles. The number of β-amino-alcohol motifs (C(OH)–C–C–N with tert-alkyl or cyclic N) is 1. The number of nitrogens with zero attached hydrogens (tertiary/aromatic N) is 3. The van der Waals surface area contributed by atoms with E-state index in [4.69, 9.17) is 14.3 Å². The van der Waals surface area contributed by atoms with Crippen molar-refractivity contribution in [2.75, 3.05) is 26.2 Å². The Kier molecular flexibility index (Phi) is 6.16. The van der Waals surface area contributed by atoms with Gasteiger partial charge in [0.15, 0.2) is 5.89 Å². The van der Waals surface area contributed by atoms with E-state index in [-0.39, 0.29) is 23.9 Å². The average molecular weight is 379 g/mol. The number of carbonyl (C=O) groups excluding carboxylic acids is 1. The Morgan fingerprint density at radius 1 is 1.37 bits per heavy atom. The minimum absolute atomic E-state index is 0.250. The quantitative estimate of drug-likeness (QED) is 0.759. The predicted octanol–water partition coefficient (Wildman–Crippen LogP) is 1.27. The number of carbonyl (C=O) groups is 2. The number of rotatable bonds is 4. The number of aliphatic hydroxyl groups excluding tert-OH is 1. The Hall–Kier alpha value is -1.93. The summed E-state index contributed by atoms with van der Waals surface area (Å²) in [5, 5.41) is 17.2. The lowest BCUT2D eigenvalue weighted by Crippen LogP contribution is -2.57. The Morgan fingerprint density at radius 2 is 2.04 bits per heavy atom. The first kappa shape index (κ1) is 19.8. The minimum atomic E-state index is -0.369. The number of aromatic nitrogens is 1. The topological polar surface area (TPSA) is 107 Å². The summed E-state index contributed by atoms with van der Waals surface area (Å²) in [5.41, 5.74) is 0.608. The molecule has 0 aromatic carbocycles. The van der Waals surface area contributed by atoms with E-state index < -0.39 is 0 Å². The molecule has 1 amide bonds. The number of amides is 1. The van der Waals surface area contributed by atoms with Gasteiger partial charge in [0.2, 0.25) is 5.91 Å². The largest absolute Gasteiger partial charge is 0.483 e. The van der Waals surface area contributed by atoms with Gasteiger partial charge in [0.05, 0.1) is 17.2 Å². The highest BCUT2D eigenvalue weighted by Crippen LogP contribution is 2.42. The molecule has 1 unspecified atom stereocenters. The minimum Gasteiger partial charge on any atom is -0.483 e. The van der Waals surface area contributed by atoms with Crippen LogP contribution in [0.25, 0.3) is 0 Å². The van der Waals surface area contributed by atoms with Crippen molar-refractivity contribution in [1.29, 1.82) is 0 Å². The van der Waals surface area contributed by atoms with Crippen LogP contribution in [0, 0.1) is 18.3 Å². The molecular formula is C19H29N3O5. The van der Waals surface area contributed by atoms with E-state index in [0.717, 1.165) is 44.7 Å². The van der Waals surface area contributed by atoms with Crippen LogP contribution in [0.5, 0.6) is 0 Å². The molecule has 1 saturated carbocycles. The molecule has 1 aliphatic carbocycles. The zero-order chi connectivity index (χ0) is 19.4. The Morgan fingerprint density at radius 3 is 2.59 bits per heavy atom. The van der Waals surface area contributed by atoms with E-state index in [2.05, 4.69) is 9.88 Å². The number of hydrogen-bond acceptors (Lipinski definition) is 6. The van der Waals surface area contributed by atoms with Crippen LogP contribution < -0.4 is 0 Å². The first-order valence-corrected chi connectivity index (χ1v) is 9.64. The molecule has 8 heteroatoms. The summed E-state index contributed by atoms with van der Waals surface area (Å²) in [5.74, 6) is 1.66. The van der Waals surface area contributed by atoms with Crippen molar-refractivity contribution >= 4 is 12.4 Å². The lowest BCUT2D eigenvalue weighted by molar-refractivity contribution is -0.157. The van der Waals surface area contributed by atoms with Gasteiger partial charge < -0.3 is 19.5 Å². The molecule has 8 nitrogen and oxygen atoms in total. The van der Waals surface area contributed by atoms with Crippen LogP contribution in [0.1, 0.15) is 43.7 Å². The Bertz CT molecular complexity index is 648. The van der Waals surface area contributed by atoms with Crippen molar-refractivity contribution in [1.82, 2.24) is 14.8 Å². The number of hydrogen-bond donors (Lipinski definition) is 2. The predicted molar refractivity (Wildman–Crippen MR) is 96.8 cm³/mol. The molecule has 1 spiro atoms. The average Bonchev–Trinajstić information content (AvgIpc) is 3.35. The summed E-state index contributed by atoms with van der Waals surface area (Å²) in [6, 6.07) is 0. The van der Waals surface area contributed by atoms with E-state index in [1.54, 1.807) is 6.26 Å². The van der Waals surface area contributed by atoms with Crippen molar-refractivity contribution in [3.63, 3.8) is 0 Å². The van der Waals surface area contributed by atoms with Gasteiger partial charge >= 0.3 is 0 Å². The van der Waals surface area contributed by atoms with Crippen molar-refractivity contribution in [2.24, 2.45) is 11.3 Å². The van der Waals surface area contributed by atoms with Crippen LogP contribution in [0.4, 0.5) is 0 Å². The molecule has 2 N–H and O–H groups in total. The molecule has 150 valence electrons. The van der Waals surface area contributed by atoms with Gasteiger partial charge in [-0.1, -0.05) is 0 Å². The zero-order valence-electron chi connectivity index (χ0n) is 15.8. The van der Waals surface area contributed by atoms with Crippen LogP contribution >= 0.6 is 0 Å². The summed E-state index contributed by atoms with van der Waals surface area (Å²) < 4.78 is 5.27. The van der Waals surface area contributed by atoms with Gasteiger partial charge in [-0.15, -0.1) is 0 Å².